The predicted octanol–water partition coefficient (Wildman–Crippen LogP) is 2.34. The molecular formula is C16H23NO3. The van der Waals surface area contributed by atoms with Gasteiger partial charge in [-0.1, -0.05) is 44.2 Å². The molecule has 0 aromatic heterocycles. The van der Waals surface area contributed by atoms with Gasteiger partial charge in [0.05, 0.1) is 0 Å². The number of nitrogens with one attached hydrogen (secondary N) is 1. The van der Waals surface area contributed by atoms with Crippen molar-refractivity contribution >= 4 is 11.9 Å². The molecule has 2 atom stereocenters. The molecule has 1 aromatic rings. The van der Waals surface area contributed by atoms with Gasteiger partial charge in [0.2, 0.25) is 5.91 Å². The molecule has 1 aromatic carbocycles. The molecular weight excluding hydrogens is 254 g/mol. The average molecular weight is 277 g/mol. The van der Waals surface area contributed by atoms with Gasteiger partial charge in [-0.2, -0.15) is 0 Å². The lowest BCUT2D eigenvalue weighted by Gasteiger charge is -2.22. The van der Waals surface area contributed by atoms with Gasteiger partial charge in [-0.25, -0.2) is 0 Å². The molecule has 0 aliphatic carbocycles. The Morgan fingerprint density at radius 1 is 1.15 bits per heavy atom. The lowest BCUT2D eigenvalue weighted by molar-refractivity contribution is -0.146. The van der Waals surface area contributed by atoms with Crippen molar-refractivity contribution in [3.63, 3.8) is 0 Å². The molecule has 0 radical (unpaired) electrons. The van der Waals surface area contributed by atoms with Gasteiger partial charge >= 0.3 is 5.97 Å². The van der Waals surface area contributed by atoms with E-state index in [0.717, 1.165) is 6.42 Å². The molecule has 110 valence electrons. The van der Waals surface area contributed by atoms with E-state index >= 15 is 0 Å². The number of hydrogen-bond acceptors (Lipinski definition) is 2. The fourth-order valence-electron chi connectivity index (χ4n) is 1.96. The molecule has 0 aliphatic heterocycles. The van der Waals surface area contributed by atoms with Crippen LogP contribution in [0.15, 0.2) is 30.3 Å². The lowest BCUT2D eigenvalue weighted by atomic mass is 9.89. The summed E-state index contributed by atoms with van der Waals surface area (Å²) in [7, 11) is 0. The third kappa shape index (κ3) is 5.03. The van der Waals surface area contributed by atoms with Crippen molar-refractivity contribution in [2.24, 2.45) is 17.8 Å². The van der Waals surface area contributed by atoms with Crippen LogP contribution in [0.1, 0.15) is 26.3 Å². The number of benzene rings is 1. The quantitative estimate of drug-likeness (QED) is 0.752. The van der Waals surface area contributed by atoms with Gasteiger partial charge in [-0.15, -0.1) is 0 Å². The molecule has 1 amide bonds. The smallest absolute Gasteiger partial charge is 0.315 e. The van der Waals surface area contributed by atoms with Crippen LogP contribution >= 0.6 is 0 Å². The number of carbonyl (C=O) groups is 2. The van der Waals surface area contributed by atoms with E-state index in [-0.39, 0.29) is 0 Å². The van der Waals surface area contributed by atoms with E-state index < -0.39 is 17.8 Å². The first-order valence-electron chi connectivity index (χ1n) is 6.96. The standard InChI is InChI=1S/C16H23NO3/c1-11(2)14(9-13-7-5-4-6-8-13)10-17-15(18)12(3)16(19)20/h4-8,11-12,14H,9-10H2,1-3H3,(H,17,18)(H,19,20). The van der Waals surface area contributed by atoms with E-state index in [4.69, 9.17) is 5.11 Å². The minimum Gasteiger partial charge on any atom is -0.481 e. The van der Waals surface area contributed by atoms with Gasteiger partial charge in [-0.05, 0) is 30.7 Å². The van der Waals surface area contributed by atoms with Crippen LogP contribution in [0.25, 0.3) is 0 Å². The molecule has 4 heteroatoms. The second-order valence-corrected chi connectivity index (χ2v) is 5.50. The van der Waals surface area contributed by atoms with E-state index in [2.05, 4.69) is 31.3 Å². The molecule has 4 nitrogen and oxygen atoms in total. The highest BCUT2D eigenvalue weighted by atomic mass is 16.4. The van der Waals surface area contributed by atoms with Gasteiger partial charge in [0.15, 0.2) is 0 Å². The molecule has 0 aliphatic rings. The molecule has 1 rings (SSSR count). The Morgan fingerprint density at radius 3 is 2.25 bits per heavy atom. The summed E-state index contributed by atoms with van der Waals surface area (Å²) in [5, 5.41) is 11.5. The van der Waals surface area contributed by atoms with Crippen LogP contribution in [0, 0.1) is 17.8 Å². The summed E-state index contributed by atoms with van der Waals surface area (Å²) in [6.45, 7) is 6.13. The van der Waals surface area contributed by atoms with Crippen LogP contribution in [-0.4, -0.2) is 23.5 Å². The van der Waals surface area contributed by atoms with Crippen molar-refractivity contribution in [2.45, 2.75) is 27.2 Å². The zero-order valence-corrected chi connectivity index (χ0v) is 12.3. The largest absolute Gasteiger partial charge is 0.481 e. The summed E-state index contributed by atoms with van der Waals surface area (Å²) < 4.78 is 0. The zero-order chi connectivity index (χ0) is 15.1. The number of carboxylic acid groups (broad SMARTS) is 1. The fourth-order valence-corrected chi connectivity index (χ4v) is 1.96. The lowest BCUT2D eigenvalue weighted by Crippen LogP contribution is -2.38. The summed E-state index contributed by atoms with van der Waals surface area (Å²) in [5.41, 5.74) is 1.23. The van der Waals surface area contributed by atoms with Crippen LogP contribution < -0.4 is 5.32 Å². The number of rotatable bonds is 7. The summed E-state index contributed by atoms with van der Waals surface area (Å²) >= 11 is 0. The zero-order valence-electron chi connectivity index (χ0n) is 12.3. The maximum atomic E-state index is 11.7. The van der Waals surface area contributed by atoms with Crippen molar-refractivity contribution in [2.75, 3.05) is 6.54 Å². The molecule has 2 unspecified atom stereocenters. The first kappa shape index (κ1) is 16.2. The van der Waals surface area contributed by atoms with Crippen molar-refractivity contribution < 1.29 is 14.7 Å². The molecule has 0 fully saturated rings. The molecule has 2 N–H and O–H groups in total. The molecule has 0 heterocycles. The van der Waals surface area contributed by atoms with Gasteiger partial charge in [0.1, 0.15) is 5.92 Å². The Morgan fingerprint density at radius 2 is 1.75 bits per heavy atom. The maximum absolute atomic E-state index is 11.7. The fraction of sp³-hybridized carbons (Fsp3) is 0.500. The Hall–Kier alpha value is -1.84. The third-order valence-electron chi connectivity index (χ3n) is 3.59. The number of carboxylic acids is 1. The average Bonchev–Trinajstić information content (AvgIpc) is 2.42. The highest BCUT2D eigenvalue weighted by Gasteiger charge is 2.22. The van der Waals surface area contributed by atoms with Gasteiger partial charge < -0.3 is 10.4 Å². The Kier molecular flexibility index (Phi) is 6.22. The minimum absolute atomic E-state index is 0.294. The van der Waals surface area contributed by atoms with Crippen LogP contribution in [0.3, 0.4) is 0 Å². The second kappa shape index (κ2) is 7.68. The van der Waals surface area contributed by atoms with E-state index in [1.165, 1.54) is 12.5 Å². The predicted molar refractivity (Wildman–Crippen MR) is 78.3 cm³/mol. The van der Waals surface area contributed by atoms with Crippen molar-refractivity contribution in [1.82, 2.24) is 5.32 Å². The van der Waals surface area contributed by atoms with Crippen molar-refractivity contribution in [3.05, 3.63) is 35.9 Å². The van der Waals surface area contributed by atoms with Crippen molar-refractivity contribution in [1.29, 1.82) is 0 Å². The van der Waals surface area contributed by atoms with E-state index in [1.54, 1.807) is 0 Å². The Balaban J connectivity index is 2.56. The van der Waals surface area contributed by atoms with Crippen LogP contribution in [0.2, 0.25) is 0 Å². The van der Waals surface area contributed by atoms with E-state index in [0.29, 0.717) is 18.4 Å². The molecule has 0 bridgehead atoms. The summed E-state index contributed by atoms with van der Waals surface area (Å²) in [6.07, 6.45) is 0.875. The Labute approximate surface area is 120 Å². The monoisotopic (exact) mass is 277 g/mol. The van der Waals surface area contributed by atoms with E-state index in [1.807, 2.05) is 18.2 Å². The minimum atomic E-state index is -1.09. The number of carbonyl (C=O) groups excluding carboxylic acids is 1. The molecule has 20 heavy (non-hydrogen) atoms. The first-order valence-corrected chi connectivity index (χ1v) is 6.96. The highest BCUT2D eigenvalue weighted by molar-refractivity contribution is 5.96. The summed E-state index contributed by atoms with van der Waals surface area (Å²) in [4.78, 5) is 22.4. The van der Waals surface area contributed by atoms with Gasteiger partial charge in [0.25, 0.3) is 0 Å². The molecule has 0 saturated carbocycles. The SMILES string of the molecule is CC(C(=O)O)C(=O)NCC(Cc1ccccc1)C(C)C. The van der Waals surface area contributed by atoms with E-state index in [9.17, 15) is 9.59 Å². The molecule has 0 saturated heterocycles. The summed E-state index contributed by atoms with van der Waals surface area (Å²) in [6, 6.07) is 10.1. The highest BCUT2D eigenvalue weighted by Crippen LogP contribution is 2.16. The van der Waals surface area contributed by atoms with Gasteiger partial charge in [-0.3, -0.25) is 9.59 Å². The first-order chi connectivity index (χ1) is 9.41. The number of amides is 1. The van der Waals surface area contributed by atoms with Crippen molar-refractivity contribution in [3.8, 4) is 0 Å². The third-order valence-corrected chi connectivity index (χ3v) is 3.59. The number of hydrogen-bond donors (Lipinski definition) is 2. The Bertz CT molecular complexity index is 442. The van der Waals surface area contributed by atoms with Gasteiger partial charge in [0, 0.05) is 6.54 Å². The summed E-state index contributed by atoms with van der Waals surface area (Å²) in [5.74, 6) is -1.81. The van der Waals surface area contributed by atoms with Crippen LogP contribution in [0.4, 0.5) is 0 Å². The molecule has 0 spiro atoms. The van der Waals surface area contributed by atoms with Crippen LogP contribution in [-0.2, 0) is 16.0 Å². The van der Waals surface area contributed by atoms with Crippen LogP contribution in [0.5, 0.6) is 0 Å². The topological polar surface area (TPSA) is 66.4 Å². The maximum Gasteiger partial charge on any atom is 0.315 e. The second-order valence-electron chi connectivity index (χ2n) is 5.50. The number of aliphatic carboxylic acids is 1. The normalized spacial score (nSPS) is 13.8.